The average molecular weight is 290 g/mol. The van der Waals surface area contributed by atoms with Gasteiger partial charge in [0.25, 0.3) is 0 Å². The quantitative estimate of drug-likeness (QED) is 0.771. The van der Waals surface area contributed by atoms with Crippen LogP contribution in [0.15, 0.2) is 41.8 Å². The maximum atomic E-state index is 11.8. The fraction of sp³-hybridized carbons (Fsp3) is 0.267. The molecule has 0 spiro atoms. The first-order chi connectivity index (χ1) is 9.78. The Bertz CT molecular complexity index is 523. The highest BCUT2D eigenvalue weighted by Crippen LogP contribution is 2.15. The van der Waals surface area contributed by atoms with Crippen LogP contribution in [0.3, 0.4) is 0 Å². The summed E-state index contributed by atoms with van der Waals surface area (Å²) >= 11 is 1.59. The van der Waals surface area contributed by atoms with E-state index in [2.05, 4.69) is 10.6 Å². The van der Waals surface area contributed by atoms with Crippen molar-refractivity contribution in [1.82, 2.24) is 0 Å². The topological polar surface area (TPSA) is 50.4 Å². The van der Waals surface area contributed by atoms with Gasteiger partial charge in [-0.1, -0.05) is 6.07 Å². The van der Waals surface area contributed by atoms with Crippen LogP contribution in [-0.2, 0) is 16.0 Å². The van der Waals surface area contributed by atoms with Crippen molar-refractivity contribution in [1.29, 1.82) is 0 Å². The van der Waals surface area contributed by atoms with Crippen LogP contribution in [0.2, 0.25) is 0 Å². The molecule has 0 unspecified atom stereocenters. The molecule has 0 saturated heterocycles. The molecule has 0 bridgehead atoms. The number of amides is 1. The molecule has 1 aromatic heterocycles. The van der Waals surface area contributed by atoms with E-state index in [0.717, 1.165) is 22.8 Å². The highest BCUT2D eigenvalue weighted by molar-refractivity contribution is 7.10. The fourth-order valence-corrected chi connectivity index (χ4v) is 2.45. The van der Waals surface area contributed by atoms with Crippen molar-refractivity contribution < 1.29 is 9.53 Å². The molecule has 0 fully saturated rings. The van der Waals surface area contributed by atoms with Gasteiger partial charge in [0.05, 0.1) is 13.0 Å². The van der Waals surface area contributed by atoms with Crippen LogP contribution in [0.25, 0.3) is 0 Å². The summed E-state index contributed by atoms with van der Waals surface area (Å²) in [6, 6.07) is 11.6. The zero-order valence-electron chi connectivity index (χ0n) is 11.4. The minimum Gasteiger partial charge on any atom is -0.383 e. The molecule has 0 radical (unpaired) electrons. The number of carbonyl (C=O) groups excluding carboxylic acids is 1. The Morgan fingerprint density at radius 2 is 1.95 bits per heavy atom. The van der Waals surface area contributed by atoms with Crippen LogP contribution in [0.1, 0.15) is 4.88 Å². The molecule has 2 aromatic rings. The summed E-state index contributed by atoms with van der Waals surface area (Å²) < 4.78 is 4.97. The molecule has 2 rings (SSSR count). The van der Waals surface area contributed by atoms with Crippen LogP contribution in [0, 0.1) is 0 Å². The van der Waals surface area contributed by atoms with Gasteiger partial charge in [-0.2, -0.15) is 0 Å². The van der Waals surface area contributed by atoms with E-state index < -0.39 is 0 Å². The van der Waals surface area contributed by atoms with E-state index in [-0.39, 0.29) is 5.91 Å². The second kappa shape index (κ2) is 7.67. The van der Waals surface area contributed by atoms with E-state index in [0.29, 0.717) is 13.0 Å². The van der Waals surface area contributed by atoms with E-state index >= 15 is 0 Å². The van der Waals surface area contributed by atoms with Crippen molar-refractivity contribution in [2.24, 2.45) is 0 Å². The van der Waals surface area contributed by atoms with E-state index in [1.807, 2.05) is 41.8 Å². The third-order valence-electron chi connectivity index (χ3n) is 2.72. The summed E-state index contributed by atoms with van der Waals surface area (Å²) in [7, 11) is 1.67. The summed E-state index contributed by atoms with van der Waals surface area (Å²) in [5.74, 6) is 0.00698. The van der Waals surface area contributed by atoms with Gasteiger partial charge in [0.2, 0.25) is 5.91 Å². The number of ether oxygens (including phenoxy) is 1. The first-order valence-corrected chi connectivity index (χ1v) is 7.31. The van der Waals surface area contributed by atoms with Crippen molar-refractivity contribution >= 4 is 28.6 Å². The summed E-state index contributed by atoms with van der Waals surface area (Å²) in [5.41, 5.74) is 1.82. The zero-order chi connectivity index (χ0) is 14.2. The van der Waals surface area contributed by atoms with Gasteiger partial charge in [-0.15, -0.1) is 11.3 Å². The normalized spacial score (nSPS) is 10.2. The van der Waals surface area contributed by atoms with Gasteiger partial charge in [-0.3, -0.25) is 4.79 Å². The van der Waals surface area contributed by atoms with Gasteiger partial charge >= 0.3 is 0 Å². The molecule has 20 heavy (non-hydrogen) atoms. The SMILES string of the molecule is COCCNc1ccc(NC(=O)Cc2cccs2)cc1. The molecule has 0 aliphatic heterocycles. The average Bonchev–Trinajstić information content (AvgIpc) is 2.94. The van der Waals surface area contributed by atoms with Gasteiger partial charge in [0.1, 0.15) is 0 Å². The molecule has 0 saturated carbocycles. The second-order valence-corrected chi connectivity index (χ2v) is 5.33. The van der Waals surface area contributed by atoms with E-state index in [9.17, 15) is 4.79 Å². The predicted octanol–water partition coefficient (Wildman–Crippen LogP) is 2.99. The Hall–Kier alpha value is -1.85. The molecular weight excluding hydrogens is 272 g/mol. The molecule has 0 aliphatic carbocycles. The first kappa shape index (κ1) is 14.6. The van der Waals surface area contributed by atoms with Gasteiger partial charge in [0, 0.05) is 29.9 Å². The van der Waals surface area contributed by atoms with Crippen LogP contribution in [0.5, 0.6) is 0 Å². The monoisotopic (exact) mass is 290 g/mol. The summed E-state index contributed by atoms with van der Waals surface area (Å²) in [4.78, 5) is 12.9. The van der Waals surface area contributed by atoms with E-state index in [4.69, 9.17) is 4.74 Å². The first-order valence-electron chi connectivity index (χ1n) is 6.43. The third kappa shape index (κ3) is 4.68. The van der Waals surface area contributed by atoms with E-state index in [1.54, 1.807) is 18.4 Å². The minimum atomic E-state index is 0.00698. The molecule has 1 aromatic carbocycles. The second-order valence-electron chi connectivity index (χ2n) is 4.30. The molecule has 5 heteroatoms. The van der Waals surface area contributed by atoms with Crippen LogP contribution >= 0.6 is 11.3 Å². The maximum absolute atomic E-state index is 11.8. The standard InChI is InChI=1S/C15H18N2O2S/c1-19-9-8-16-12-4-6-13(7-5-12)17-15(18)11-14-3-2-10-20-14/h2-7,10,16H,8-9,11H2,1H3,(H,17,18). The molecule has 1 heterocycles. The number of nitrogens with one attached hydrogen (secondary N) is 2. The Labute approximate surface area is 122 Å². The zero-order valence-corrected chi connectivity index (χ0v) is 12.2. The Morgan fingerprint density at radius 1 is 1.20 bits per heavy atom. The molecule has 4 nitrogen and oxygen atoms in total. The number of anilines is 2. The lowest BCUT2D eigenvalue weighted by molar-refractivity contribution is -0.115. The summed E-state index contributed by atoms with van der Waals surface area (Å²) in [6.45, 7) is 1.43. The lowest BCUT2D eigenvalue weighted by Crippen LogP contribution is -2.13. The number of rotatable bonds is 7. The highest BCUT2D eigenvalue weighted by Gasteiger charge is 2.04. The lowest BCUT2D eigenvalue weighted by Gasteiger charge is -2.08. The number of methoxy groups -OCH3 is 1. The van der Waals surface area contributed by atoms with Crippen molar-refractivity contribution in [2.75, 3.05) is 30.9 Å². The van der Waals surface area contributed by atoms with Crippen LogP contribution in [0.4, 0.5) is 11.4 Å². The predicted molar refractivity (Wildman–Crippen MR) is 83.5 cm³/mol. The van der Waals surface area contributed by atoms with Crippen molar-refractivity contribution in [3.05, 3.63) is 46.7 Å². The Kier molecular flexibility index (Phi) is 5.58. The number of carbonyl (C=O) groups is 1. The largest absolute Gasteiger partial charge is 0.383 e. The smallest absolute Gasteiger partial charge is 0.229 e. The highest BCUT2D eigenvalue weighted by atomic mass is 32.1. The lowest BCUT2D eigenvalue weighted by atomic mass is 10.2. The van der Waals surface area contributed by atoms with Gasteiger partial charge in [0.15, 0.2) is 0 Å². The Morgan fingerprint density at radius 3 is 2.60 bits per heavy atom. The maximum Gasteiger partial charge on any atom is 0.229 e. The van der Waals surface area contributed by atoms with Crippen molar-refractivity contribution in [3.63, 3.8) is 0 Å². The molecule has 106 valence electrons. The summed E-state index contributed by atoms with van der Waals surface area (Å²) in [5, 5.41) is 8.09. The van der Waals surface area contributed by atoms with Gasteiger partial charge in [-0.05, 0) is 35.7 Å². The van der Waals surface area contributed by atoms with Crippen molar-refractivity contribution in [3.8, 4) is 0 Å². The molecule has 0 atom stereocenters. The molecule has 0 aliphatic rings. The fourth-order valence-electron chi connectivity index (χ4n) is 1.75. The molecular formula is C15H18N2O2S. The number of thiophene rings is 1. The van der Waals surface area contributed by atoms with Crippen molar-refractivity contribution in [2.45, 2.75) is 6.42 Å². The molecule has 2 N–H and O–H groups in total. The van der Waals surface area contributed by atoms with E-state index in [1.165, 1.54) is 0 Å². The van der Waals surface area contributed by atoms with Gasteiger partial charge < -0.3 is 15.4 Å². The number of benzene rings is 1. The van der Waals surface area contributed by atoms with Gasteiger partial charge in [-0.25, -0.2) is 0 Å². The molecule has 1 amide bonds. The Balaban J connectivity index is 1.82. The van der Waals surface area contributed by atoms with Crippen LogP contribution in [-0.4, -0.2) is 26.2 Å². The number of hydrogen-bond donors (Lipinski definition) is 2. The summed E-state index contributed by atoms with van der Waals surface area (Å²) in [6.07, 6.45) is 0.422. The minimum absolute atomic E-state index is 0.00698. The van der Waals surface area contributed by atoms with Crippen LogP contribution < -0.4 is 10.6 Å². The number of hydrogen-bond acceptors (Lipinski definition) is 4. The third-order valence-corrected chi connectivity index (χ3v) is 3.60.